The zero-order valence-corrected chi connectivity index (χ0v) is 14.8. The Kier molecular flexibility index (Phi) is 3.45. The van der Waals surface area contributed by atoms with Gasteiger partial charge in [0, 0.05) is 11.6 Å². The van der Waals surface area contributed by atoms with Crippen LogP contribution in [-0.4, -0.2) is 21.9 Å². The number of carboxylic acids is 1. The van der Waals surface area contributed by atoms with E-state index in [1.807, 2.05) is 18.2 Å². The summed E-state index contributed by atoms with van der Waals surface area (Å²) in [5.41, 5.74) is 3.13. The molecule has 0 fully saturated rings. The standard InChI is InChI=1S/C20H18ClNO3/c1-20(2)9-16-11-5-3-6-12(19(24)25)17(11)18(23)22(16)10-13-14(20)7-4-8-15(13)21/h3-8,16H,9-10H2,1-2H3,(H,24,25)/t16-/m1/s1. The maximum Gasteiger partial charge on any atom is 0.336 e. The number of nitrogens with zero attached hydrogens (tertiary/aromatic N) is 1. The van der Waals surface area contributed by atoms with Crippen molar-refractivity contribution in [2.24, 2.45) is 0 Å². The fourth-order valence-corrected chi connectivity index (χ4v) is 4.47. The van der Waals surface area contributed by atoms with Gasteiger partial charge in [0.2, 0.25) is 0 Å². The molecule has 1 atom stereocenters. The van der Waals surface area contributed by atoms with Crippen LogP contribution in [0, 0.1) is 0 Å². The van der Waals surface area contributed by atoms with Gasteiger partial charge >= 0.3 is 5.97 Å². The predicted molar refractivity (Wildman–Crippen MR) is 95.1 cm³/mol. The van der Waals surface area contributed by atoms with E-state index in [2.05, 4.69) is 19.9 Å². The number of carboxylic acid groups (broad SMARTS) is 1. The lowest BCUT2D eigenvalue weighted by molar-refractivity contribution is 0.0662. The van der Waals surface area contributed by atoms with E-state index in [0.29, 0.717) is 17.1 Å². The van der Waals surface area contributed by atoms with Crippen LogP contribution >= 0.6 is 11.6 Å². The molecule has 2 aliphatic rings. The van der Waals surface area contributed by atoms with E-state index in [1.54, 1.807) is 11.0 Å². The number of rotatable bonds is 1. The van der Waals surface area contributed by atoms with E-state index in [-0.39, 0.29) is 22.9 Å². The van der Waals surface area contributed by atoms with Gasteiger partial charge in [-0.05, 0) is 40.7 Å². The van der Waals surface area contributed by atoms with Gasteiger partial charge in [-0.2, -0.15) is 0 Å². The topological polar surface area (TPSA) is 57.6 Å². The summed E-state index contributed by atoms with van der Waals surface area (Å²) in [4.78, 5) is 26.4. The van der Waals surface area contributed by atoms with Crippen molar-refractivity contribution in [3.8, 4) is 0 Å². The first-order chi connectivity index (χ1) is 11.8. The molecule has 1 amide bonds. The number of aromatic carboxylic acids is 1. The Bertz CT molecular complexity index is 919. The lowest BCUT2D eigenvalue weighted by Gasteiger charge is -2.29. The number of carbonyl (C=O) groups excluding carboxylic acids is 1. The lowest BCUT2D eigenvalue weighted by atomic mass is 9.77. The van der Waals surface area contributed by atoms with Crippen LogP contribution in [0.25, 0.3) is 0 Å². The number of fused-ring (bicyclic) bond motifs is 4. The molecule has 25 heavy (non-hydrogen) atoms. The van der Waals surface area contributed by atoms with Crippen molar-refractivity contribution < 1.29 is 14.7 Å². The van der Waals surface area contributed by atoms with E-state index < -0.39 is 5.97 Å². The summed E-state index contributed by atoms with van der Waals surface area (Å²) in [5.74, 6) is -1.29. The van der Waals surface area contributed by atoms with Crippen LogP contribution in [0.4, 0.5) is 0 Å². The molecule has 0 saturated heterocycles. The minimum absolute atomic E-state index is 0.0766. The molecular formula is C20H18ClNO3. The summed E-state index contributed by atoms with van der Waals surface area (Å²) in [5, 5.41) is 10.1. The van der Waals surface area contributed by atoms with E-state index in [9.17, 15) is 14.7 Å². The minimum Gasteiger partial charge on any atom is -0.478 e. The third-order valence-corrected chi connectivity index (χ3v) is 5.77. The van der Waals surface area contributed by atoms with E-state index >= 15 is 0 Å². The van der Waals surface area contributed by atoms with Crippen LogP contribution < -0.4 is 0 Å². The smallest absolute Gasteiger partial charge is 0.336 e. The Hall–Kier alpha value is -2.33. The van der Waals surface area contributed by atoms with Crippen molar-refractivity contribution in [2.45, 2.75) is 38.3 Å². The lowest BCUT2D eigenvalue weighted by Crippen LogP contribution is -2.28. The summed E-state index contributed by atoms with van der Waals surface area (Å²) >= 11 is 6.44. The average molecular weight is 356 g/mol. The third-order valence-electron chi connectivity index (χ3n) is 5.42. The van der Waals surface area contributed by atoms with Gasteiger partial charge in [-0.1, -0.05) is 49.7 Å². The quantitative estimate of drug-likeness (QED) is 0.824. The number of amides is 1. The molecule has 1 N–H and O–H groups in total. The van der Waals surface area contributed by atoms with Crippen LogP contribution in [0.5, 0.6) is 0 Å². The normalized spacial score (nSPS) is 20.5. The van der Waals surface area contributed by atoms with Crippen LogP contribution in [0.3, 0.4) is 0 Å². The number of carbonyl (C=O) groups is 2. The summed E-state index contributed by atoms with van der Waals surface area (Å²) < 4.78 is 0. The molecule has 0 radical (unpaired) electrons. The van der Waals surface area contributed by atoms with Gasteiger partial charge in [-0.15, -0.1) is 0 Å². The van der Waals surface area contributed by atoms with Crippen molar-refractivity contribution in [3.05, 3.63) is 69.2 Å². The SMILES string of the molecule is CC1(C)C[C@@H]2c3cccc(C(=O)O)c3C(=O)N2Cc2c(Cl)cccc21. The van der Waals surface area contributed by atoms with E-state index in [1.165, 1.54) is 6.07 Å². The molecule has 0 aliphatic carbocycles. The Morgan fingerprint density at radius 2 is 1.96 bits per heavy atom. The highest BCUT2D eigenvalue weighted by Gasteiger charge is 2.45. The first-order valence-corrected chi connectivity index (χ1v) is 8.64. The van der Waals surface area contributed by atoms with Crippen LogP contribution in [0.2, 0.25) is 5.02 Å². The zero-order chi connectivity index (χ0) is 17.9. The summed E-state index contributed by atoms with van der Waals surface area (Å²) in [6, 6.07) is 10.8. The summed E-state index contributed by atoms with van der Waals surface area (Å²) in [6.07, 6.45) is 0.724. The van der Waals surface area contributed by atoms with Gasteiger partial charge in [0.15, 0.2) is 0 Å². The molecule has 0 unspecified atom stereocenters. The van der Waals surface area contributed by atoms with Crippen molar-refractivity contribution in [1.29, 1.82) is 0 Å². The van der Waals surface area contributed by atoms with Gasteiger partial charge in [0.05, 0.1) is 17.2 Å². The maximum absolute atomic E-state index is 13.1. The largest absolute Gasteiger partial charge is 0.478 e. The van der Waals surface area contributed by atoms with Crippen molar-refractivity contribution >= 4 is 23.5 Å². The van der Waals surface area contributed by atoms with Gasteiger partial charge in [0.1, 0.15) is 0 Å². The fraction of sp³-hybridized carbons (Fsp3) is 0.300. The molecular weight excluding hydrogens is 338 g/mol. The summed E-state index contributed by atoms with van der Waals surface area (Å²) in [6.45, 7) is 4.69. The molecule has 128 valence electrons. The highest BCUT2D eigenvalue weighted by atomic mass is 35.5. The third kappa shape index (κ3) is 2.28. The Morgan fingerprint density at radius 3 is 2.68 bits per heavy atom. The second-order valence-corrected chi connectivity index (χ2v) is 7.78. The number of hydrogen-bond acceptors (Lipinski definition) is 2. The van der Waals surface area contributed by atoms with E-state index in [0.717, 1.165) is 23.1 Å². The number of halogens is 1. The summed E-state index contributed by atoms with van der Waals surface area (Å²) in [7, 11) is 0. The van der Waals surface area contributed by atoms with Crippen molar-refractivity contribution in [1.82, 2.24) is 4.90 Å². The van der Waals surface area contributed by atoms with Gasteiger partial charge in [-0.25, -0.2) is 4.79 Å². The second-order valence-electron chi connectivity index (χ2n) is 7.38. The molecule has 0 spiro atoms. The van der Waals surface area contributed by atoms with E-state index in [4.69, 9.17) is 11.6 Å². The maximum atomic E-state index is 13.1. The van der Waals surface area contributed by atoms with Gasteiger partial charge < -0.3 is 10.0 Å². The highest BCUT2D eigenvalue weighted by Crippen LogP contribution is 2.48. The Balaban J connectivity index is 1.91. The molecule has 5 heteroatoms. The van der Waals surface area contributed by atoms with Crippen molar-refractivity contribution in [2.75, 3.05) is 0 Å². The average Bonchev–Trinajstić information content (AvgIpc) is 2.73. The molecule has 0 aromatic heterocycles. The first-order valence-electron chi connectivity index (χ1n) is 8.26. The van der Waals surface area contributed by atoms with Gasteiger partial charge in [-0.3, -0.25) is 4.79 Å². The molecule has 2 aromatic rings. The second kappa shape index (κ2) is 5.33. The highest BCUT2D eigenvalue weighted by molar-refractivity contribution is 6.31. The van der Waals surface area contributed by atoms with Gasteiger partial charge in [0.25, 0.3) is 5.91 Å². The molecule has 4 nitrogen and oxygen atoms in total. The number of hydrogen-bond donors (Lipinski definition) is 1. The molecule has 0 bridgehead atoms. The number of benzene rings is 2. The predicted octanol–water partition coefficient (Wildman–Crippen LogP) is 4.42. The monoisotopic (exact) mass is 355 g/mol. The molecule has 2 heterocycles. The minimum atomic E-state index is -1.07. The van der Waals surface area contributed by atoms with Crippen LogP contribution in [-0.2, 0) is 12.0 Å². The van der Waals surface area contributed by atoms with Crippen LogP contribution in [0.1, 0.15) is 63.7 Å². The zero-order valence-electron chi connectivity index (χ0n) is 14.0. The Morgan fingerprint density at radius 1 is 1.24 bits per heavy atom. The molecule has 2 aromatic carbocycles. The van der Waals surface area contributed by atoms with Crippen LogP contribution in [0.15, 0.2) is 36.4 Å². The molecule has 4 rings (SSSR count). The Labute approximate surface area is 151 Å². The fourth-order valence-electron chi connectivity index (χ4n) is 4.24. The molecule has 2 aliphatic heterocycles. The molecule has 0 saturated carbocycles. The first kappa shape index (κ1) is 16.2. The van der Waals surface area contributed by atoms with Crippen molar-refractivity contribution in [3.63, 3.8) is 0 Å².